The number of fused-ring (bicyclic) bond motifs is 1. The third kappa shape index (κ3) is 4.72. The Morgan fingerprint density at radius 3 is 2.65 bits per heavy atom. The molecule has 0 aliphatic heterocycles. The van der Waals surface area contributed by atoms with E-state index in [0.717, 1.165) is 11.0 Å². The number of hydrogen-bond acceptors (Lipinski definition) is 3. The van der Waals surface area contributed by atoms with Crippen LogP contribution in [-0.2, 0) is 9.53 Å². The number of aromatic amines is 1. The van der Waals surface area contributed by atoms with Crippen molar-refractivity contribution in [2.45, 2.75) is 26.4 Å². The van der Waals surface area contributed by atoms with E-state index < -0.39 is 0 Å². The molecule has 0 spiro atoms. The Hall–Kier alpha value is -1.11. The van der Waals surface area contributed by atoms with Crippen molar-refractivity contribution in [3.05, 3.63) is 28.1 Å². The summed E-state index contributed by atoms with van der Waals surface area (Å²) in [5.41, 5.74) is 1.84. The maximum atomic E-state index is 9.60. The van der Waals surface area contributed by atoms with Crippen molar-refractivity contribution in [1.29, 1.82) is 0 Å². The lowest BCUT2D eigenvalue weighted by atomic mass is 10.2. The van der Waals surface area contributed by atoms with E-state index in [1.54, 1.807) is 6.20 Å². The van der Waals surface area contributed by atoms with Crippen LogP contribution in [0, 0.1) is 3.57 Å². The highest BCUT2D eigenvalue weighted by atomic mass is 127. The summed E-state index contributed by atoms with van der Waals surface area (Å²) in [4.78, 5) is 16.9. The lowest BCUT2D eigenvalue weighted by molar-refractivity contribution is -0.138. The minimum absolute atomic E-state index is 0.318. The number of pyridine rings is 1. The molecule has 0 atom stereocenters. The fourth-order valence-corrected chi connectivity index (χ4v) is 1.65. The molecule has 0 saturated heterocycles. The van der Waals surface area contributed by atoms with Crippen LogP contribution in [0.3, 0.4) is 0 Å². The maximum absolute atomic E-state index is 9.60. The fraction of sp³-hybridized carbons (Fsp3) is 0.333. The highest BCUT2D eigenvalue weighted by molar-refractivity contribution is 14.1. The van der Waals surface area contributed by atoms with Gasteiger partial charge in [0, 0.05) is 12.4 Å². The first-order chi connectivity index (χ1) is 7.94. The number of rotatable bonds is 1. The van der Waals surface area contributed by atoms with E-state index >= 15 is 0 Å². The highest BCUT2D eigenvalue weighted by Gasteiger charge is 2.07. The number of aromatic nitrogens is 2. The molecule has 0 fully saturated rings. The van der Waals surface area contributed by atoms with Gasteiger partial charge in [-0.05, 0) is 55.5 Å². The van der Waals surface area contributed by atoms with Crippen LogP contribution in [0.4, 0.5) is 0 Å². The number of ether oxygens (including phenoxy) is 1. The lowest BCUT2D eigenvalue weighted by Gasteiger charge is -2.14. The molecular weight excluding hydrogens is 331 g/mol. The predicted molar refractivity (Wildman–Crippen MR) is 75.7 cm³/mol. The zero-order chi connectivity index (χ0) is 12.9. The number of hydrogen-bond donors (Lipinski definition) is 1. The average molecular weight is 346 g/mol. The SMILES string of the molecule is CC(C)(C)OC=O.Ic1c[nH]c2cccnc12. The van der Waals surface area contributed by atoms with E-state index in [1.807, 2.05) is 39.1 Å². The first-order valence-electron chi connectivity index (χ1n) is 5.13. The van der Waals surface area contributed by atoms with Crippen molar-refractivity contribution in [2.24, 2.45) is 0 Å². The summed E-state index contributed by atoms with van der Waals surface area (Å²) < 4.78 is 5.72. The second-order valence-corrected chi connectivity index (χ2v) is 5.52. The van der Waals surface area contributed by atoms with Gasteiger partial charge < -0.3 is 9.72 Å². The molecule has 1 N–H and O–H groups in total. The van der Waals surface area contributed by atoms with Gasteiger partial charge >= 0.3 is 0 Å². The second-order valence-electron chi connectivity index (χ2n) is 4.36. The Labute approximate surface area is 114 Å². The van der Waals surface area contributed by atoms with Crippen LogP contribution < -0.4 is 0 Å². The number of nitrogens with one attached hydrogen (secondary N) is 1. The summed E-state index contributed by atoms with van der Waals surface area (Å²) >= 11 is 2.26. The van der Waals surface area contributed by atoms with Gasteiger partial charge in [0.25, 0.3) is 6.47 Å². The highest BCUT2D eigenvalue weighted by Crippen LogP contribution is 2.15. The molecule has 2 aromatic rings. The summed E-state index contributed by atoms with van der Waals surface area (Å²) in [5, 5.41) is 0. The molecule has 0 radical (unpaired) electrons. The van der Waals surface area contributed by atoms with E-state index in [0.29, 0.717) is 6.47 Å². The third-order valence-corrected chi connectivity index (χ3v) is 2.61. The van der Waals surface area contributed by atoms with Crippen molar-refractivity contribution in [3.8, 4) is 0 Å². The second kappa shape index (κ2) is 6.00. The molecule has 0 unspecified atom stereocenters. The summed E-state index contributed by atoms with van der Waals surface area (Å²) in [6.07, 6.45) is 3.76. The van der Waals surface area contributed by atoms with E-state index in [1.165, 1.54) is 3.57 Å². The smallest absolute Gasteiger partial charge is 0.293 e. The molecule has 4 nitrogen and oxygen atoms in total. The van der Waals surface area contributed by atoms with E-state index in [2.05, 4.69) is 37.3 Å². The molecule has 5 heteroatoms. The third-order valence-electron chi connectivity index (χ3n) is 1.79. The van der Waals surface area contributed by atoms with Gasteiger partial charge in [-0.3, -0.25) is 9.78 Å². The van der Waals surface area contributed by atoms with Crippen LogP contribution in [0.5, 0.6) is 0 Å². The van der Waals surface area contributed by atoms with Gasteiger partial charge in [0.1, 0.15) is 11.1 Å². The zero-order valence-electron chi connectivity index (χ0n) is 10.0. The van der Waals surface area contributed by atoms with Crippen LogP contribution in [0.1, 0.15) is 20.8 Å². The van der Waals surface area contributed by atoms with Gasteiger partial charge in [-0.1, -0.05) is 0 Å². The molecule has 0 aromatic carbocycles. The van der Waals surface area contributed by atoms with Crippen LogP contribution in [-0.4, -0.2) is 22.0 Å². The number of nitrogens with zero attached hydrogens (tertiary/aromatic N) is 1. The maximum Gasteiger partial charge on any atom is 0.293 e. The van der Waals surface area contributed by atoms with Crippen LogP contribution >= 0.6 is 22.6 Å². The Kier molecular flexibility index (Phi) is 4.92. The normalized spacial score (nSPS) is 10.6. The van der Waals surface area contributed by atoms with Gasteiger partial charge in [0.2, 0.25) is 0 Å². The molecule has 0 bridgehead atoms. The van der Waals surface area contributed by atoms with E-state index in [9.17, 15) is 4.79 Å². The van der Waals surface area contributed by atoms with Crippen molar-refractivity contribution < 1.29 is 9.53 Å². The Balaban J connectivity index is 0.000000185. The molecule has 0 saturated carbocycles. The van der Waals surface area contributed by atoms with Gasteiger partial charge in [-0.25, -0.2) is 0 Å². The van der Waals surface area contributed by atoms with Crippen molar-refractivity contribution in [3.63, 3.8) is 0 Å². The topological polar surface area (TPSA) is 55.0 Å². The van der Waals surface area contributed by atoms with Crippen LogP contribution in [0.15, 0.2) is 24.5 Å². The molecule has 2 rings (SSSR count). The minimum atomic E-state index is -0.318. The summed E-state index contributed by atoms with van der Waals surface area (Å²) in [6.45, 7) is 5.92. The van der Waals surface area contributed by atoms with E-state index in [-0.39, 0.29) is 5.60 Å². The quantitative estimate of drug-likeness (QED) is 0.638. The van der Waals surface area contributed by atoms with Gasteiger partial charge in [-0.2, -0.15) is 0 Å². The first kappa shape index (κ1) is 14.0. The van der Waals surface area contributed by atoms with Gasteiger partial charge in [0.05, 0.1) is 9.09 Å². The standard InChI is InChI=1S/C7H5IN2.C5H10O2/c8-5-4-10-6-2-1-3-9-7(5)6;1-5(2,3)7-4-6/h1-4,10H;4H,1-3H3. The average Bonchev–Trinajstić information content (AvgIpc) is 2.61. The molecular formula is C12H15IN2O2. The van der Waals surface area contributed by atoms with Crippen LogP contribution in [0.2, 0.25) is 0 Å². The summed E-state index contributed by atoms with van der Waals surface area (Å²) in [7, 11) is 0. The largest absolute Gasteiger partial charge is 0.462 e. The number of halogens is 1. The first-order valence-corrected chi connectivity index (χ1v) is 6.21. The zero-order valence-corrected chi connectivity index (χ0v) is 12.2. The van der Waals surface area contributed by atoms with Gasteiger partial charge in [0.15, 0.2) is 0 Å². The van der Waals surface area contributed by atoms with Crippen molar-refractivity contribution in [2.75, 3.05) is 0 Å². The van der Waals surface area contributed by atoms with E-state index in [4.69, 9.17) is 0 Å². The Morgan fingerprint density at radius 2 is 2.18 bits per heavy atom. The predicted octanol–water partition coefficient (Wildman–Crippen LogP) is 3.13. The molecule has 0 aliphatic rings. The molecule has 17 heavy (non-hydrogen) atoms. The van der Waals surface area contributed by atoms with Crippen molar-refractivity contribution >= 4 is 40.1 Å². The fourth-order valence-electron chi connectivity index (χ4n) is 1.07. The molecule has 0 aliphatic carbocycles. The summed E-state index contributed by atoms with van der Waals surface area (Å²) in [5.74, 6) is 0. The van der Waals surface area contributed by atoms with Crippen LogP contribution in [0.25, 0.3) is 11.0 Å². The molecule has 92 valence electrons. The monoisotopic (exact) mass is 346 g/mol. The number of H-pyrrole nitrogens is 1. The number of carbonyl (C=O) groups excluding carboxylic acids is 1. The lowest BCUT2D eigenvalue weighted by Crippen LogP contribution is -2.17. The molecule has 2 heterocycles. The Morgan fingerprint density at radius 1 is 1.47 bits per heavy atom. The molecule has 0 amide bonds. The van der Waals surface area contributed by atoms with Crippen molar-refractivity contribution in [1.82, 2.24) is 9.97 Å². The van der Waals surface area contributed by atoms with Gasteiger partial charge in [-0.15, -0.1) is 0 Å². The Bertz CT molecular complexity index is 488. The molecule has 2 aromatic heterocycles. The number of carbonyl (C=O) groups is 1. The minimum Gasteiger partial charge on any atom is -0.462 e. The summed E-state index contributed by atoms with van der Waals surface area (Å²) in [6, 6.07) is 3.94.